The van der Waals surface area contributed by atoms with Crippen molar-refractivity contribution in [3.8, 4) is 0 Å². The number of amides is 2. The van der Waals surface area contributed by atoms with Crippen LogP contribution in [0.4, 0.5) is 5.69 Å². The number of nitrogens with zero attached hydrogens (tertiary/aromatic N) is 1. The predicted octanol–water partition coefficient (Wildman–Crippen LogP) is -0.712. The van der Waals surface area contributed by atoms with Gasteiger partial charge < -0.3 is 44.9 Å². The van der Waals surface area contributed by atoms with Crippen molar-refractivity contribution in [1.29, 1.82) is 0 Å². The summed E-state index contributed by atoms with van der Waals surface area (Å²) in [7, 11) is 0. The summed E-state index contributed by atoms with van der Waals surface area (Å²) in [6.45, 7) is 3.27. The number of hydrogen-bond acceptors (Lipinski definition) is 10. The maximum absolute atomic E-state index is 13.5. The third-order valence-electron chi connectivity index (χ3n) is 7.63. The summed E-state index contributed by atoms with van der Waals surface area (Å²) < 4.78 is 16.9. The number of anilines is 1. The molecule has 4 heterocycles. The fourth-order valence-electron chi connectivity index (χ4n) is 5.51. The number of carbonyl (C=O) groups is 3. The van der Waals surface area contributed by atoms with Crippen molar-refractivity contribution in [2.24, 2.45) is 11.8 Å². The van der Waals surface area contributed by atoms with Gasteiger partial charge in [0.2, 0.25) is 12.2 Å². The van der Waals surface area contributed by atoms with Gasteiger partial charge in [0.25, 0.3) is 5.91 Å². The van der Waals surface area contributed by atoms with Gasteiger partial charge in [-0.15, -0.1) is 6.58 Å². The standard InChI is InChI=1S/C26H30N2O10/c1-2-12-14-9-17-23(34)27-16-6-4-3-5-13(16)18(30)7-8-28(17)24(35)15(14)11-36-25(12)38-26-22(33)21(32)20(31)19(10-29)37-26/h2-6,11-12,14,17,19-22,25-26,29,31-33H,1,7-10H2,(H,27,34). The SMILES string of the molecule is C=CC1C(OC2OC(CO)C(O)C(O)C2O)OC=C2C(=O)N3CCC(=O)c4ccccc4NC(=O)C3CC21. The Hall–Kier alpha value is -3.13. The van der Waals surface area contributed by atoms with Gasteiger partial charge in [-0.2, -0.15) is 0 Å². The Labute approximate surface area is 218 Å². The van der Waals surface area contributed by atoms with E-state index >= 15 is 0 Å². The highest BCUT2D eigenvalue weighted by molar-refractivity contribution is 6.08. The van der Waals surface area contributed by atoms with E-state index in [0.717, 1.165) is 0 Å². The first-order valence-corrected chi connectivity index (χ1v) is 12.4. The molecular weight excluding hydrogens is 500 g/mol. The highest BCUT2D eigenvalue weighted by Crippen LogP contribution is 2.42. The minimum Gasteiger partial charge on any atom is -0.471 e. The molecule has 0 radical (unpaired) electrons. The number of fused-ring (bicyclic) bond motifs is 3. The zero-order chi connectivity index (χ0) is 27.1. The van der Waals surface area contributed by atoms with E-state index in [2.05, 4.69) is 11.9 Å². The maximum atomic E-state index is 13.5. The number of nitrogens with one attached hydrogen (secondary N) is 1. The van der Waals surface area contributed by atoms with E-state index in [0.29, 0.717) is 11.3 Å². The topological polar surface area (TPSA) is 175 Å². The molecule has 2 saturated heterocycles. The van der Waals surface area contributed by atoms with Crippen molar-refractivity contribution < 1.29 is 49.0 Å². The summed E-state index contributed by atoms with van der Waals surface area (Å²) >= 11 is 0. The molecule has 0 aromatic heterocycles. The van der Waals surface area contributed by atoms with Gasteiger partial charge in [0.15, 0.2) is 12.1 Å². The first-order chi connectivity index (χ1) is 18.2. The Kier molecular flexibility index (Phi) is 7.36. The molecule has 1 aromatic carbocycles. The molecule has 0 aliphatic carbocycles. The molecule has 5 rings (SSSR count). The maximum Gasteiger partial charge on any atom is 0.253 e. The fraction of sp³-hybridized carbons (Fsp3) is 0.500. The number of aliphatic hydroxyl groups excluding tert-OH is 4. The minimum absolute atomic E-state index is 0.0424. The number of hydrogen-bond donors (Lipinski definition) is 5. The molecule has 2 fully saturated rings. The third kappa shape index (κ3) is 4.53. The summed E-state index contributed by atoms with van der Waals surface area (Å²) in [5, 5.41) is 42.8. The van der Waals surface area contributed by atoms with Crippen molar-refractivity contribution in [1.82, 2.24) is 4.90 Å². The van der Waals surface area contributed by atoms with Gasteiger partial charge >= 0.3 is 0 Å². The molecule has 9 atom stereocenters. The zero-order valence-electron chi connectivity index (χ0n) is 20.4. The van der Waals surface area contributed by atoms with E-state index in [4.69, 9.17) is 14.2 Å². The molecule has 38 heavy (non-hydrogen) atoms. The number of para-hydroxylation sites is 1. The van der Waals surface area contributed by atoms with Crippen molar-refractivity contribution >= 4 is 23.3 Å². The number of ketones is 1. The summed E-state index contributed by atoms with van der Waals surface area (Å²) in [6, 6.07) is 5.82. The Balaban J connectivity index is 1.40. The lowest BCUT2D eigenvalue weighted by atomic mass is 9.76. The van der Waals surface area contributed by atoms with E-state index in [1.54, 1.807) is 24.3 Å². The summed E-state index contributed by atoms with van der Waals surface area (Å²) in [6.07, 6.45) is -5.61. The number of rotatable bonds is 4. The van der Waals surface area contributed by atoms with Crippen molar-refractivity contribution in [3.05, 3.63) is 54.3 Å². The molecule has 4 aliphatic heterocycles. The molecular formula is C26H30N2O10. The van der Waals surface area contributed by atoms with Crippen LogP contribution >= 0.6 is 0 Å². The van der Waals surface area contributed by atoms with Crippen LogP contribution in [-0.4, -0.2) is 99.1 Å². The summed E-state index contributed by atoms with van der Waals surface area (Å²) in [4.78, 5) is 41.1. The van der Waals surface area contributed by atoms with Crippen LogP contribution in [0.2, 0.25) is 0 Å². The van der Waals surface area contributed by atoms with Crippen LogP contribution in [0.5, 0.6) is 0 Å². The molecule has 0 spiro atoms. The lowest BCUT2D eigenvalue weighted by Gasteiger charge is -2.46. The number of benzene rings is 1. The van der Waals surface area contributed by atoms with E-state index in [1.165, 1.54) is 17.2 Å². The van der Waals surface area contributed by atoms with Crippen LogP contribution in [0, 0.1) is 11.8 Å². The molecule has 0 bridgehead atoms. The molecule has 2 amide bonds. The largest absolute Gasteiger partial charge is 0.471 e. The van der Waals surface area contributed by atoms with Crippen LogP contribution in [0.25, 0.3) is 0 Å². The zero-order valence-corrected chi connectivity index (χ0v) is 20.4. The van der Waals surface area contributed by atoms with E-state index in [9.17, 15) is 34.8 Å². The lowest BCUT2D eigenvalue weighted by Crippen LogP contribution is -2.60. The van der Waals surface area contributed by atoms with Gasteiger partial charge in [-0.1, -0.05) is 18.2 Å². The van der Waals surface area contributed by atoms with Crippen LogP contribution in [0.3, 0.4) is 0 Å². The van der Waals surface area contributed by atoms with Crippen LogP contribution < -0.4 is 5.32 Å². The summed E-state index contributed by atoms with van der Waals surface area (Å²) in [5.74, 6) is -2.29. The Morgan fingerprint density at radius 3 is 2.61 bits per heavy atom. The van der Waals surface area contributed by atoms with Gasteiger partial charge in [0.1, 0.15) is 30.5 Å². The molecule has 1 aromatic rings. The second-order valence-electron chi connectivity index (χ2n) is 9.79. The summed E-state index contributed by atoms with van der Waals surface area (Å²) in [5.41, 5.74) is 1.05. The van der Waals surface area contributed by atoms with Gasteiger partial charge in [0, 0.05) is 30.4 Å². The van der Waals surface area contributed by atoms with Crippen LogP contribution in [0.1, 0.15) is 23.2 Å². The molecule has 204 valence electrons. The van der Waals surface area contributed by atoms with Crippen molar-refractivity contribution in [2.45, 2.75) is 55.9 Å². The highest BCUT2D eigenvalue weighted by atomic mass is 16.8. The molecule has 9 unspecified atom stereocenters. The average molecular weight is 531 g/mol. The predicted molar refractivity (Wildman–Crippen MR) is 129 cm³/mol. The van der Waals surface area contributed by atoms with Gasteiger partial charge in [-0.25, -0.2) is 0 Å². The van der Waals surface area contributed by atoms with E-state index < -0.39 is 73.3 Å². The smallest absolute Gasteiger partial charge is 0.253 e. The molecule has 4 aliphatic rings. The quantitative estimate of drug-likeness (QED) is 0.313. The van der Waals surface area contributed by atoms with Crippen LogP contribution in [0.15, 0.2) is 48.8 Å². The first-order valence-electron chi connectivity index (χ1n) is 12.4. The van der Waals surface area contributed by atoms with Gasteiger partial charge in [0.05, 0.1) is 24.1 Å². The normalized spacial score (nSPS) is 37.3. The number of carbonyl (C=O) groups excluding carboxylic acids is 3. The monoisotopic (exact) mass is 530 g/mol. The number of piperidine rings is 1. The molecule has 12 nitrogen and oxygen atoms in total. The fourth-order valence-corrected chi connectivity index (χ4v) is 5.51. The Morgan fingerprint density at radius 2 is 1.87 bits per heavy atom. The average Bonchev–Trinajstić information content (AvgIpc) is 2.96. The van der Waals surface area contributed by atoms with E-state index in [1.807, 2.05) is 0 Å². The molecule has 5 N–H and O–H groups in total. The third-order valence-corrected chi connectivity index (χ3v) is 7.63. The lowest BCUT2D eigenvalue weighted by molar-refractivity contribution is -0.339. The Bertz CT molecular complexity index is 1150. The van der Waals surface area contributed by atoms with Crippen molar-refractivity contribution in [2.75, 3.05) is 18.5 Å². The molecule has 12 heteroatoms. The van der Waals surface area contributed by atoms with Crippen LogP contribution in [-0.2, 0) is 23.8 Å². The van der Waals surface area contributed by atoms with E-state index in [-0.39, 0.29) is 30.7 Å². The number of ether oxygens (including phenoxy) is 3. The van der Waals surface area contributed by atoms with Crippen molar-refractivity contribution in [3.63, 3.8) is 0 Å². The van der Waals surface area contributed by atoms with Gasteiger partial charge in [-0.05, 0) is 18.6 Å². The highest BCUT2D eigenvalue weighted by Gasteiger charge is 2.51. The second-order valence-corrected chi connectivity index (χ2v) is 9.79. The number of Topliss-reactive ketones (excluding diaryl/α,β-unsaturated/α-hetero) is 1. The molecule has 0 saturated carbocycles. The number of aliphatic hydroxyl groups is 4. The first kappa shape index (κ1) is 26.5. The Morgan fingerprint density at radius 1 is 1.11 bits per heavy atom. The minimum atomic E-state index is -1.64. The second kappa shape index (κ2) is 10.6. The van der Waals surface area contributed by atoms with Gasteiger partial charge in [-0.3, -0.25) is 14.4 Å².